The first kappa shape index (κ1) is 20.7. The first-order chi connectivity index (χ1) is 11.2. The fraction of sp³-hybridized carbons (Fsp3) is 0.316. The van der Waals surface area contributed by atoms with Gasteiger partial charge in [0.1, 0.15) is 0 Å². The van der Waals surface area contributed by atoms with E-state index in [4.69, 9.17) is 4.52 Å². The second-order valence-electron chi connectivity index (χ2n) is 5.30. The van der Waals surface area contributed by atoms with Crippen LogP contribution in [0, 0.1) is 0 Å². The zero-order chi connectivity index (χ0) is 16.8. The number of carbonyl (C=O) groups is 1. The van der Waals surface area contributed by atoms with Gasteiger partial charge in [0, 0.05) is 0 Å². The molecule has 0 aliphatic carbocycles. The summed E-state index contributed by atoms with van der Waals surface area (Å²) in [7, 11) is -0.612. The molecule has 0 heterocycles. The summed E-state index contributed by atoms with van der Waals surface area (Å²) in [6, 6.07) is 12.2. The van der Waals surface area contributed by atoms with Crippen molar-refractivity contribution in [2.24, 2.45) is 0 Å². The van der Waals surface area contributed by atoms with E-state index >= 15 is 0 Å². The molecule has 2 aromatic carbocycles. The molecule has 0 amide bonds. The summed E-state index contributed by atoms with van der Waals surface area (Å²) in [6.45, 7) is 6.17. The van der Waals surface area contributed by atoms with Crippen LogP contribution < -0.4 is 0 Å². The van der Waals surface area contributed by atoms with Crippen LogP contribution in [0.3, 0.4) is 0 Å². The molecule has 0 fully saturated rings. The van der Waals surface area contributed by atoms with E-state index < -0.39 is 14.7 Å². The molecule has 0 saturated carbocycles. The minimum absolute atomic E-state index is 0. The second-order valence-corrected chi connectivity index (χ2v) is 5.63. The summed E-state index contributed by atoms with van der Waals surface area (Å²) in [6.07, 6.45) is 2.33. The van der Waals surface area contributed by atoms with Crippen LogP contribution in [0.4, 0.5) is 0 Å². The van der Waals surface area contributed by atoms with Gasteiger partial charge >= 0.3 is 33.5 Å². The quantitative estimate of drug-likeness (QED) is 0.564. The van der Waals surface area contributed by atoms with Crippen LogP contribution in [-0.2, 0) is 28.4 Å². The van der Waals surface area contributed by atoms with Gasteiger partial charge in [0.15, 0.2) is 0 Å². The Hall–Kier alpha value is -1.39. The fourth-order valence-corrected chi connectivity index (χ4v) is 3.24. The van der Waals surface area contributed by atoms with Crippen molar-refractivity contribution in [3.63, 3.8) is 0 Å². The predicted octanol–water partition coefficient (Wildman–Crippen LogP) is 4.76. The maximum absolute atomic E-state index is 12.4. The van der Waals surface area contributed by atoms with Crippen LogP contribution >= 0.6 is 8.69 Å². The molecule has 0 N–H and O–H groups in total. The molecule has 0 bridgehead atoms. The first-order valence-corrected chi connectivity index (χ1v) is 8.67. The van der Waals surface area contributed by atoms with Crippen molar-refractivity contribution >= 4 is 33.5 Å². The van der Waals surface area contributed by atoms with Crippen molar-refractivity contribution in [2.45, 2.75) is 40.0 Å². The Morgan fingerprint density at radius 2 is 1.62 bits per heavy atom. The Bertz CT molecular complexity index is 714. The molecule has 0 aliphatic heterocycles. The van der Waals surface area contributed by atoms with Crippen LogP contribution in [0.15, 0.2) is 36.4 Å². The van der Waals surface area contributed by atoms with Gasteiger partial charge in [-0.2, -0.15) is 0 Å². The van der Waals surface area contributed by atoms with Gasteiger partial charge in [0.2, 0.25) is 0 Å². The zero-order valence-electron chi connectivity index (χ0n) is 13.8. The van der Waals surface area contributed by atoms with Crippen molar-refractivity contribution in [3.8, 4) is 11.1 Å². The Balaban J connectivity index is 0.00000288. The van der Waals surface area contributed by atoms with Crippen LogP contribution in [0.1, 0.15) is 47.8 Å². The standard InChI is InChI=1S/C19H21O3P.Li.H/c1-4-13-12-14(5-2)18(19(20)22-23-21)16(6-3)17(13)15-10-8-7-9-11-15;;/h7-12H,4-6H2,1-3H3;;. The number of hydrogen-bond acceptors (Lipinski definition) is 3. The van der Waals surface area contributed by atoms with Crippen molar-refractivity contribution in [1.29, 1.82) is 0 Å². The molecule has 3 nitrogen and oxygen atoms in total. The van der Waals surface area contributed by atoms with Gasteiger partial charge in [-0.15, -0.1) is 0 Å². The number of rotatable bonds is 6. The summed E-state index contributed by atoms with van der Waals surface area (Å²) in [4.78, 5) is 12.4. The summed E-state index contributed by atoms with van der Waals surface area (Å²) in [5.74, 6) is -0.518. The molecule has 0 saturated heterocycles. The molecule has 0 aromatic heterocycles. The van der Waals surface area contributed by atoms with Gasteiger partial charge in [-0.05, 0) is 47.1 Å². The van der Waals surface area contributed by atoms with E-state index in [9.17, 15) is 9.36 Å². The van der Waals surface area contributed by atoms with Gasteiger partial charge in [0.05, 0.1) is 5.56 Å². The molecule has 2 aromatic rings. The van der Waals surface area contributed by atoms with E-state index in [1.807, 2.05) is 32.0 Å². The average molecular weight is 336 g/mol. The third kappa shape index (κ3) is 4.17. The zero-order valence-corrected chi connectivity index (χ0v) is 14.7. The van der Waals surface area contributed by atoms with Gasteiger partial charge in [0.25, 0.3) is 0 Å². The van der Waals surface area contributed by atoms with Crippen molar-refractivity contribution in [2.75, 3.05) is 0 Å². The molecule has 0 spiro atoms. The van der Waals surface area contributed by atoms with Crippen LogP contribution in [0.25, 0.3) is 11.1 Å². The van der Waals surface area contributed by atoms with Crippen molar-refractivity contribution in [1.82, 2.24) is 0 Å². The van der Waals surface area contributed by atoms with E-state index in [2.05, 4.69) is 25.1 Å². The molecule has 2 rings (SSSR count). The number of benzene rings is 2. The van der Waals surface area contributed by atoms with Crippen molar-refractivity contribution < 1.29 is 13.9 Å². The Morgan fingerprint density at radius 1 is 1.00 bits per heavy atom. The van der Waals surface area contributed by atoms with E-state index in [-0.39, 0.29) is 18.9 Å². The Morgan fingerprint density at radius 3 is 2.12 bits per heavy atom. The Labute approximate surface area is 157 Å². The third-order valence-electron chi connectivity index (χ3n) is 4.10. The van der Waals surface area contributed by atoms with E-state index in [0.29, 0.717) is 12.0 Å². The molecule has 0 radical (unpaired) electrons. The third-order valence-corrected chi connectivity index (χ3v) is 4.34. The molecule has 122 valence electrons. The maximum atomic E-state index is 12.4. The summed E-state index contributed by atoms with van der Waals surface area (Å²) < 4.78 is 15.5. The molecule has 0 aliphatic rings. The molecule has 5 heteroatoms. The van der Waals surface area contributed by atoms with Gasteiger partial charge < -0.3 is 4.52 Å². The van der Waals surface area contributed by atoms with E-state index in [1.165, 1.54) is 5.56 Å². The second kappa shape index (κ2) is 9.79. The summed E-state index contributed by atoms with van der Waals surface area (Å²) in [5.41, 5.74) is 5.91. The molecule has 0 atom stereocenters. The van der Waals surface area contributed by atoms with Crippen molar-refractivity contribution in [3.05, 3.63) is 58.7 Å². The topological polar surface area (TPSA) is 43.4 Å². The number of aryl methyl sites for hydroxylation is 2. The van der Waals surface area contributed by atoms with Crippen LogP contribution in [-0.4, -0.2) is 24.8 Å². The molecule has 0 unspecified atom stereocenters. The molecular weight excluding hydrogens is 314 g/mol. The van der Waals surface area contributed by atoms with Gasteiger partial charge in [-0.1, -0.05) is 57.2 Å². The fourth-order valence-electron chi connectivity index (χ4n) is 3.08. The molecule has 24 heavy (non-hydrogen) atoms. The van der Waals surface area contributed by atoms with E-state index in [1.54, 1.807) is 0 Å². The number of carbonyl (C=O) groups excluding carboxylic acids is 1. The van der Waals surface area contributed by atoms with Gasteiger partial charge in [-0.3, -0.25) is 0 Å². The Kier molecular flexibility index (Phi) is 8.43. The number of hydrogen-bond donors (Lipinski definition) is 0. The van der Waals surface area contributed by atoms with Gasteiger partial charge in [-0.25, -0.2) is 9.36 Å². The first-order valence-electron chi connectivity index (χ1n) is 7.94. The predicted molar refractivity (Wildman–Crippen MR) is 100 cm³/mol. The van der Waals surface area contributed by atoms with E-state index in [0.717, 1.165) is 35.1 Å². The monoisotopic (exact) mass is 336 g/mol. The van der Waals surface area contributed by atoms with Crippen LogP contribution in [0.2, 0.25) is 0 Å². The summed E-state index contributed by atoms with van der Waals surface area (Å²) >= 11 is 0. The minimum atomic E-state index is -0.612. The SMILES string of the molecule is CCc1cc(CC)c(-c2ccccc2)c(CC)c1C(=O)OP=O.[LiH]. The summed E-state index contributed by atoms with van der Waals surface area (Å²) in [5, 5.41) is 0. The normalized spacial score (nSPS) is 10.3. The van der Waals surface area contributed by atoms with Crippen LogP contribution in [0.5, 0.6) is 0 Å². The molecular formula is C19H22LiO3P. The average Bonchev–Trinajstić information content (AvgIpc) is 2.60.